The fourth-order valence-corrected chi connectivity index (χ4v) is 4.46. The standard InChI is InChI=1S/C30H36N2O5/c1-4-37-27(33)16-17-32(21-22(2)3)29(36)31-30(28(34)35,19-23-10-6-5-7-11-23)20-24-14-15-25-12-8-9-13-26(25)18-24/h5-15,18,22H,4,16-17,19-21H2,1-3H3,(H,31,36)(H,34,35)/t30-/m0/s1. The number of fused-ring (bicyclic) bond motifs is 1. The summed E-state index contributed by atoms with van der Waals surface area (Å²) in [6.45, 7) is 6.44. The zero-order chi connectivity index (χ0) is 26.8. The number of benzene rings is 3. The van der Waals surface area contributed by atoms with Crippen LogP contribution in [0.1, 0.15) is 38.3 Å². The van der Waals surface area contributed by atoms with Crippen molar-refractivity contribution in [3.63, 3.8) is 0 Å². The van der Waals surface area contributed by atoms with Gasteiger partial charge in [0.25, 0.3) is 0 Å². The van der Waals surface area contributed by atoms with Crippen LogP contribution in [0.3, 0.4) is 0 Å². The lowest BCUT2D eigenvalue weighted by Gasteiger charge is -2.34. The molecule has 196 valence electrons. The fraction of sp³-hybridized carbons (Fsp3) is 0.367. The number of nitrogens with zero attached hydrogens (tertiary/aromatic N) is 1. The van der Waals surface area contributed by atoms with E-state index in [1.807, 2.05) is 86.6 Å². The van der Waals surface area contributed by atoms with E-state index < -0.39 is 23.5 Å². The molecule has 37 heavy (non-hydrogen) atoms. The molecule has 3 aromatic carbocycles. The minimum absolute atomic E-state index is 0.0391. The van der Waals surface area contributed by atoms with Crippen LogP contribution in [0.5, 0.6) is 0 Å². The Kier molecular flexibility index (Phi) is 9.66. The van der Waals surface area contributed by atoms with Crippen LogP contribution >= 0.6 is 0 Å². The summed E-state index contributed by atoms with van der Waals surface area (Å²) >= 11 is 0. The third-order valence-corrected chi connectivity index (χ3v) is 6.19. The van der Waals surface area contributed by atoms with E-state index in [2.05, 4.69) is 5.32 Å². The highest BCUT2D eigenvalue weighted by Gasteiger charge is 2.41. The largest absolute Gasteiger partial charge is 0.479 e. The van der Waals surface area contributed by atoms with Crippen LogP contribution in [0.2, 0.25) is 0 Å². The maximum atomic E-state index is 13.6. The van der Waals surface area contributed by atoms with Gasteiger partial charge < -0.3 is 20.1 Å². The molecule has 7 nitrogen and oxygen atoms in total. The maximum absolute atomic E-state index is 13.6. The molecular weight excluding hydrogens is 468 g/mol. The molecule has 0 bridgehead atoms. The van der Waals surface area contributed by atoms with Crippen LogP contribution in [0.15, 0.2) is 72.8 Å². The summed E-state index contributed by atoms with van der Waals surface area (Å²) in [5.74, 6) is -1.39. The summed E-state index contributed by atoms with van der Waals surface area (Å²) in [7, 11) is 0. The number of aliphatic carboxylic acids is 1. The summed E-state index contributed by atoms with van der Waals surface area (Å²) in [5.41, 5.74) is 0.00670. The van der Waals surface area contributed by atoms with Gasteiger partial charge in [-0.2, -0.15) is 0 Å². The van der Waals surface area contributed by atoms with E-state index in [9.17, 15) is 19.5 Å². The molecule has 0 aliphatic heterocycles. The van der Waals surface area contributed by atoms with Crippen molar-refractivity contribution in [2.45, 2.75) is 45.6 Å². The SMILES string of the molecule is CCOC(=O)CCN(CC(C)C)C(=O)N[C@@](Cc1ccccc1)(Cc1ccc2ccccc2c1)C(=O)O. The second-order valence-corrected chi connectivity index (χ2v) is 9.73. The highest BCUT2D eigenvalue weighted by molar-refractivity contribution is 5.88. The third-order valence-electron chi connectivity index (χ3n) is 6.19. The van der Waals surface area contributed by atoms with Crippen LogP contribution < -0.4 is 5.32 Å². The average Bonchev–Trinajstić information content (AvgIpc) is 2.86. The van der Waals surface area contributed by atoms with Crippen molar-refractivity contribution in [3.8, 4) is 0 Å². The predicted molar refractivity (Wildman–Crippen MR) is 144 cm³/mol. The molecule has 0 unspecified atom stereocenters. The number of nitrogens with one attached hydrogen (secondary N) is 1. The molecule has 7 heteroatoms. The van der Waals surface area contributed by atoms with Gasteiger partial charge >= 0.3 is 18.0 Å². The summed E-state index contributed by atoms with van der Waals surface area (Å²) < 4.78 is 5.02. The van der Waals surface area contributed by atoms with Gasteiger partial charge in [-0.15, -0.1) is 0 Å². The highest BCUT2D eigenvalue weighted by atomic mass is 16.5. The number of amides is 2. The monoisotopic (exact) mass is 504 g/mol. The molecule has 1 atom stereocenters. The Morgan fingerprint density at radius 2 is 1.57 bits per heavy atom. The minimum atomic E-state index is -1.60. The van der Waals surface area contributed by atoms with Gasteiger partial charge in [-0.3, -0.25) is 4.79 Å². The summed E-state index contributed by atoms with van der Waals surface area (Å²) in [6, 6.07) is 22.5. The van der Waals surface area contributed by atoms with Crippen molar-refractivity contribution in [1.82, 2.24) is 10.2 Å². The van der Waals surface area contributed by atoms with Gasteiger partial charge in [-0.05, 0) is 34.7 Å². The molecule has 3 rings (SSSR count). The number of hydrogen-bond acceptors (Lipinski definition) is 4. The Morgan fingerprint density at radius 1 is 0.919 bits per heavy atom. The summed E-state index contributed by atoms with van der Waals surface area (Å²) in [6.07, 6.45) is 0.244. The second kappa shape index (κ2) is 12.9. The first-order valence-electron chi connectivity index (χ1n) is 12.7. The van der Waals surface area contributed by atoms with E-state index in [0.717, 1.165) is 21.9 Å². The van der Waals surface area contributed by atoms with Crippen molar-refractivity contribution in [1.29, 1.82) is 0 Å². The zero-order valence-electron chi connectivity index (χ0n) is 21.8. The first-order chi connectivity index (χ1) is 17.7. The number of ether oxygens (including phenoxy) is 1. The lowest BCUT2D eigenvalue weighted by Crippen LogP contribution is -2.61. The van der Waals surface area contributed by atoms with Crippen LogP contribution in [-0.2, 0) is 27.2 Å². The molecule has 0 spiro atoms. The maximum Gasteiger partial charge on any atom is 0.330 e. The molecule has 0 aromatic heterocycles. The van der Waals surface area contributed by atoms with E-state index in [1.54, 1.807) is 6.92 Å². The molecule has 0 aliphatic carbocycles. The van der Waals surface area contributed by atoms with Crippen molar-refractivity contribution in [2.75, 3.05) is 19.7 Å². The molecule has 0 aliphatic rings. The van der Waals surface area contributed by atoms with Gasteiger partial charge in [0.1, 0.15) is 5.54 Å². The van der Waals surface area contributed by atoms with Gasteiger partial charge in [0.15, 0.2) is 0 Å². The zero-order valence-corrected chi connectivity index (χ0v) is 21.8. The topological polar surface area (TPSA) is 95.9 Å². The van der Waals surface area contributed by atoms with Crippen molar-refractivity contribution in [3.05, 3.63) is 83.9 Å². The highest BCUT2D eigenvalue weighted by Crippen LogP contribution is 2.24. The summed E-state index contributed by atoms with van der Waals surface area (Å²) in [5, 5.41) is 15.5. The number of carboxylic acid groups (broad SMARTS) is 1. The summed E-state index contributed by atoms with van der Waals surface area (Å²) in [4.78, 5) is 39.9. The molecule has 0 radical (unpaired) electrons. The van der Waals surface area contributed by atoms with E-state index in [-0.39, 0.29) is 38.3 Å². The van der Waals surface area contributed by atoms with E-state index in [4.69, 9.17) is 4.74 Å². The number of esters is 1. The number of rotatable bonds is 12. The lowest BCUT2D eigenvalue weighted by atomic mass is 9.84. The molecule has 0 saturated carbocycles. The Hall–Kier alpha value is -3.87. The van der Waals surface area contributed by atoms with Gasteiger partial charge in [-0.25, -0.2) is 9.59 Å². The Balaban J connectivity index is 1.94. The average molecular weight is 505 g/mol. The smallest absolute Gasteiger partial charge is 0.330 e. The molecule has 2 N–H and O–H groups in total. The van der Waals surface area contributed by atoms with Crippen LogP contribution in [0.25, 0.3) is 10.8 Å². The normalized spacial score (nSPS) is 12.6. The number of carbonyl (C=O) groups excluding carboxylic acids is 2. The van der Waals surface area contributed by atoms with Crippen LogP contribution in [0.4, 0.5) is 4.79 Å². The Bertz CT molecular complexity index is 1210. The van der Waals surface area contributed by atoms with Crippen molar-refractivity contribution >= 4 is 28.7 Å². The van der Waals surface area contributed by atoms with Crippen LogP contribution in [0, 0.1) is 5.92 Å². The fourth-order valence-electron chi connectivity index (χ4n) is 4.46. The molecular formula is C30H36N2O5. The van der Waals surface area contributed by atoms with E-state index >= 15 is 0 Å². The lowest BCUT2D eigenvalue weighted by molar-refractivity contribution is -0.145. The van der Waals surface area contributed by atoms with Gasteiger partial charge in [0.05, 0.1) is 13.0 Å². The Morgan fingerprint density at radius 3 is 2.22 bits per heavy atom. The second-order valence-electron chi connectivity index (χ2n) is 9.73. The number of urea groups is 1. The van der Waals surface area contributed by atoms with Gasteiger partial charge in [-0.1, -0.05) is 86.6 Å². The van der Waals surface area contributed by atoms with Crippen molar-refractivity contribution in [2.24, 2.45) is 5.92 Å². The predicted octanol–water partition coefficient (Wildman–Crippen LogP) is 5.07. The molecule has 0 heterocycles. The first-order valence-corrected chi connectivity index (χ1v) is 12.7. The molecule has 0 fully saturated rings. The number of carboxylic acids is 1. The van der Waals surface area contributed by atoms with Gasteiger partial charge in [0.2, 0.25) is 0 Å². The van der Waals surface area contributed by atoms with Gasteiger partial charge in [0, 0.05) is 25.9 Å². The number of hydrogen-bond donors (Lipinski definition) is 2. The molecule has 2 amide bonds. The van der Waals surface area contributed by atoms with E-state index in [1.165, 1.54) is 4.90 Å². The van der Waals surface area contributed by atoms with Crippen LogP contribution in [-0.4, -0.2) is 53.2 Å². The minimum Gasteiger partial charge on any atom is -0.479 e. The van der Waals surface area contributed by atoms with E-state index in [0.29, 0.717) is 6.54 Å². The quantitative estimate of drug-likeness (QED) is 0.336. The van der Waals surface area contributed by atoms with Crippen molar-refractivity contribution < 1.29 is 24.2 Å². The molecule has 3 aromatic rings. The number of carbonyl (C=O) groups is 3. The first kappa shape index (κ1) is 27.7. The molecule has 0 saturated heterocycles. The third kappa shape index (κ3) is 7.81. The Labute approximate surface area is 218 Å².